The van der Waals surface area contributed by atoms with E-state index in [0.717, 1.165) is 55.9 Å². The van der Waals surface area contributed by atoms with Crippen LogP contribution in [-0.2, 0) is 9.53 Å². The number of likely N-dealkylation sites (tertiary alicyclic amines) is 1. The maximum absolute atomic E-state index is 12.6. The number of carbonyl (C=O) groups is 1. The first-order valence-electron chi connectivity index (χ1n) is 10.2. The molecular formula is C23H28N2O3. The van der Waals surface area contributed by atoms with Crippen LogP contribution in [0.2, 0.25) is 0 Å². The molecule has 4 rings (SSSR count). The van der Waals surface area contributed by atoms with Gasteiger partial charge in [-0.05, 0) is 68.0 Å². The lowest BCUT2D eigenvalue weighted by Gasteiger charge is -2.33. The van der Waals surface area contributed by atoms with Crippen molar-refractivity contribution >= 4 is 5.91 Å². The number of benzene rings is 1. The summed E-state index contributed by atoms with van der Waals surface area (Å²) in [5.41, 5.74) is 4.51. The molecule has 3 heterocycles. The van der Waals surface area contributed by atoms with E-state index >= 15 is 0 Å². The van der Waals surface area contributed by atoms with Gasteiger partial charge in [-0.2, -0.15) is 0 Å². The number of methoxy groups -OCH3 is 1. The molecule has 0 aliphatic carbocycles. The SMILES string of the molecule is COc1ccc(-c2cc(C)nc(C3CCN(C(=O)C4CCCO4)CC3)c2)cc1. The normalized spacial score (nSPS) is 20.4. The third kappa shape index (κ3) is 4.04. The van der Waals surface area contributed by atoms with Crippen molar-refractivity contribution in [3.8, 4) is 16.9 Å². The molecule has 0 N–H and O–H groups in total. The highest BCUT2D eigenvalue weighted by atomic mass is 16.5. The largest absolute Gasteiger partial charge is 0.497 e. The lowest BCUT2D eigenvalue weighted by Crippen LogP contribution is -2.43. The summed E-state index contributed by atoms with van der Waals surface area (Å²) in [5.74, 6) is 1.43. The first-order valence-corrected chi connectivity index (χ1v) is 10.2. The number of aromatic nitrogens is 1. The second-order valence-electron chi connectivity index (χ2n) is 7.75. The third-order valence-electron chi connectivity index (χ3n) is 5.83. The molecule has 1 amide bonds. The van der Waals surface area contributed by atoms with Crippen molar-refractivity contribution in [2.24, 2.45) is 0 Å². The summed E-state index contributed by atoms with van der Waals surface area (Å²) >= 11 is 0. The van der Waals surface area contributed by atoms with Gasteiger partial charge >= 0.3 is 0 Å². The van der Waals surface area contributed by atoms with Crippen LogP contribution in [-0.4, -0.2) is 48.7 Å². The Labute approximate surface area is 166 Å². The van der Waals surface area contributed by atoms with Crippen LogP contribution in [0.15, 0.2) is 36.4 Å². The van der Waals surface area contributed by atoms with Crippen LogP contribution in [0, 0.1) is 6.92 Å². The van der Waals surface area contributed by atoms with Crippen LogP contribution in [0.25, 0.3) is 11.1 Å². The van der Waals surface area contributed by atoms with Gasteiger partial charge in [0, 0.05) is 37.0 Å². The zero-order valence-electron chi connectivity index (χ0n) is 16.7. The average Bonchev–Trinajstić information content (AvgIpc) is 3.28. The number of amides is 1. The van der Waals surface area contributed by atoms with E-state index in [0.29, 0.717) is 12.5 Å². The quantitative estimate of drug-likeness (QED) is 0.806. The molecule has 1 aromatic carbocycles. The van der Waals surface area contributed by atoms with E-state index in [-0.39, 0.29) is 12.0 Å². The van der Waals surface area contributed by atoms with Gasteiger partial charge in [-0.1, -0.05) is 12.1 Å². The number of aryl methyl sites for hydroxylation is 1. The van der Waals surface area contributed by atoms with Gasteiger partial charge in [0.25, 0.3) is 5.91 Å². The molecule has 5 nitrogen and oxygen atoms in total. The zero-order chi connectivity index (χ0) is 19.5. The predicted octanol–water partition coefficient (Wildman–Crippen LogP) is 3.95. The van der Waals surface area contributed by atoms with Gasteiger partial charge in [-0.25, -0.2) is 0 Å². The molecule has 1 atom stereocenters. The van der Waals surface area contributed by atoms with Gasteiger partial charge in [0.15, 0.2) is 0 Å². The van der Waals surface area contributed by atoms with Crippen molar-refractivity contribution in [2.75, 3.05) is 26.8 Å². The standard InChI is InChI=1S/C23H28N2O3/c1-16-14-19(17-5-7-20(27-2)8-6-17)15-21(24-16)18-9-11-25(12-10-18)23(26)22-4-3-13-28-22/h5-8,14-15,18,22H,3-4,9-13H2,1-2H3. The number of piperidine rings is 1. The Kier molecular flexibility index (Phi) is 5.62. The summed E-state index contributed by atoms with van der Waals surface area (Å²) in [5, 5.41) is 0. The summed E-state index contributed by atoms with van der Waals surface area (Å²) in [6.45, 7) is 4.34. The Morgan fingerprint density at radius 1 is 1.11 bits per heavy atom. The van der Waals surface area contributed by atoms with Crippen molar-refractivity contribution in [1.29, 1.82) is 0 Å². The fraction of sp³-hybridized carbons (Fsp3) is 0.478. The van der Waals surface area contributed by atoms with Crippen LogP contribution in [0.4, 0.5) is 0 Å². The first-order chi connectivity index (χ1) is 13.6. The highest BCUT2D eigenvalue weighted by molar-refractivity contribution is 5.81. The van der Waals surface area contributed by atoms with Crippen LogP contribution in [0.3, 0.4) is 0 Å². The molecule has 1 unspecified atom stereocenters. The minimum atomic E-state index is -0.213. The minimum Gasteiger partial charge on any atom is -0.497 e. The van der Waals surface area contributed by atoms with E-state index in [1.807, 2.05) is 24.0 Å². The van der Waals surface area contributed by atoms with Crippen molar-refractivity contribution in [2.45, 2.75) is 44.6 Å². The van der Waals surface area contributed by atoms with Crippen molar-refractivity contribution in [3.63, 3.8) is 0 Å². The molecule has 2 aromatic rings. The number of hydrogen-bond donors (Lipinski definition) is 0. The Morgan fingerprint density at radius 2 is 1.86 bits per heavy atom. The maximum atomic E-state index is 12.6. The van der Waals surface area contributed by atoms with E-state index in [2.05, 4.69) is 24.3 Å². The monoisotopic (exact) mass is 380 g/mol. The van der Waals surface area contributed by atoms with Crippen molar-refractivity contribution < 1.29 is 14.3 Å². The van der Waals surface area contributed by atoms with Gasteiger partial charge in [0.1, 0.15) is 11.9 Å². The highest BCUT2D eigenvalue weighted by Crippen LogP contribution is 2.31. The second-order valence-corrected chi connectivity index (χ2v) is 7.75. The van der Waals surface area contributed by atoms with Crippen LogP contribution in [0.5, 0.6) is 5.75 Å². The number of ether oxygens (including phenoxy) is 2. The Morgan fingerprint density at radius 3 is 2.50 bits per heavy atom. The fourth-order valence-corrected chi connectivity index (χ4v) is 4.23. The average molecular weight is 380 g/mol. The van der Waals surface area contributed by atoms with E-state index < -0.39 is 0 Å². The summed E-state index contributed by atoms with van der Waals surface area (Å²) in [7, 11) is 1.68. The van der Waals surface area contributed by atoms with Gasteiger partial charge < -0.3 is 14.4 Å². The van der Waals surface area contributed by atoms with Gasteiger partial charge in [-0.15, -0.1) is 0 Å². The Balaban J connectivity index is 1.46. The molecule has 2 aliphatic heterocycles. The summed E-state index contributed by atoms with van der Waals surface area (Å²) in [4.78, 5) is 19.4. The molecule has 0 bridgehead atoms. The first kappa shape index (κ1) is 18.9. The molecule has 0 radical (unpaired) electrons. The molecule has 28 heavy (non-hydrogen) atoms. The smallest absolute Gasteiger partial charge is 0.251 e. The maximum Gasteiger partial charge on any atom is 0.251 e. The minimum absolute atomic E-state index is 0.173. The highest BCUT2D eigenvalue weighted by Gasteiger charge is 2.31. The Hall–Kier alpha value is -2.40. The second kappa shape index (κ2) is 8.31. The summed E-state index contributed by atoms with van der Waals surface area (Å²) in [6, 6.07) is 12.5. The van der Waals surface area contributed by atoms with Gasteiger partial charge in [0.05, 0.1) is 7.11 Å². The summed E-state index contributed by atoms with van der Waals surface area (Å²) in [6.07, 6.45) is 3.56. The molecule has 2 fully saturated rings. The zero-order valence-corrected chi connectivity index (χ0v) is 16.7. The van der Waals surface area contributed by atoms with Gasteiger partial charge in [-0.3, -0.25) is 9.78 Å². The number of rotatable bonds is 4. The van der Waals surface area contributed by atoms with E-state index in [4.69, 9.17) is 14.5 Å². The lowest BCUT2D eigenvalue weighted by atomic mass is 9.91. The van der Waals surface area contributed by atoms with Crippen molar-refractivity contribution in [1.82, 2.24) is 9.88 Å². The fourth-order valence-electron chi connectivity index (χ4n) is 4.23. The molecule has 2 aliphatic rings. The lowest BCUT2D eigenvalue weighted by molar-refractivity contribution is -0.142. The van der Waals surface area contributed by atoms with Gasteiger partial charge in [0.2, 0.25) is 0 Å². The third-order valence-corrected chi connectivity index (χ3v) is 5.83. The molecule has 148 valence electrons. The number of pyridine rings is 1. The van der Waals surface area contributed by atoms with Crippen LogP contribution >= 0.6 is 0 Å². The molecule has 0 spiro atoms. The number of carbonyl (C=O) groups excluding carboxylic acids is 1. The van der Waals surface area contributed by atoms with E-state index in [1.54, 1.807) is 7.11 Å². The Bertz CT molecular complexity index is 820. The molecule has 2 saturated heterocycles. The number of hydrogen-bond acceptors (Lipinski definition) is 4. The summed E-state index contributed by atoms with van der Waals surface area (Å²) < 4.78 is 10.8. The van der Waals surface area contributed by atoms with E-state index in [9.17, 15) is 4.79 Å². The van der Waals surface area contributed by atoms with E-state index in [1.165, 1.54) is 11.1 Å². The van der Waals surface area contributed by atoms with Crippen molar-refractivity contribution in [3.05, 3.63) is 47.8 Å². The molecular weight excluding hydrogens is 352 g/mol. The molecule has 5 heteroatoms. The van der Waals surface area contributed by atoms with Crippen LogP contribution < -0.4 is 4.74 Å². The number of nitrogens with zero attached hydrogens (tertiary/aromatic N) is 2. The topological polar surface area (TPSA) is 51.7 Å². The predicted molar refractivity (Wildman–Crippen MR) is 108 cm³/mol. The van der Waals surface area contributed by atoms with Crippen LogP contribution in [0.1, 0.15) is 43.0 Å². The molecule has 1 aromatic heterocycles. The molecule has 0 saturated carbocycles.